The fourth-order valence-corrected chi connectivity index (χ4v) is 3.74. The summed E-state index contributed by atoms with van der Waals surface area (Å²) < 4.78 is 2.42. The zero-order valence-electron chi connectivity index (χ0n) is 15.5. The molecule has 0 N–H and O–H groups in total. The molecule has 1 fully saturated rings. The highest BCUT2D eigenvalue weighted by atomic mass is 15.2. The largest absolute Gasteiger partial charge is 0.322 e. The van der Waals surface area contributed by atoms with E-state index in [2.05, 4.69) is 66.6 Å². The monoisotopic (exact) mass is 333 g/mol. The van der Waals surface area contributed by atoms with E-state index in [1.165, 1.54) is 59.5 Å². The maximum Gasteiger partial charge on any atom is 0.124 e. The molecule has 3 heteroatoms. The third kappa shape index (κ3) is 3.34. The minimum atomic E-state index is 0.891. The van der Waals surface area contributed by atoms with E-state index in [-0.39, 0.29) is 0 Å². The predicted octanol–water partition coefficient (Wildman–Crippen LogP) is 4.61. The van der Waals surface area contributed by atoms with Gasteiger partial charge in [0.2, 0.25) is 0 Å². The van der Waals surface area contributed by atoms with Crippen LogP contribution in [0.1, 0.15) is 40.9 Å². The summed E-state index contributed by atoms with van der Waals surface area (Å²) in [5.74, 6) is 1.20. The molecule has 0 aliphatic carbocycles. The van der Waals surface area contributed by atoms with Crippen molar-refractivity contribution in [3.8, 4) is 0 Å². The molecule has 1 aliphatic rings. The number of hydrogen-bond acceptors (Lipinski definition) is 2. The van der Waals surface area contributed by atoms with Crippen molar-refractivity contribution >= 4 is 11.0 Å². The first-order chi connectivity index (χ1) is 12.1. The van der Waals surface area contributed by atoms with Gasteiger partial charge in [-0.05, 0) is 75.5 Å². The van der Waals surface area contributed by atoms with Crippen LogP contribution in [0, 0.1) is 20.8 Å². The fourth-order valence-electron chi connectivity index (χ4n) is 3.74. The number of nitrogens with zero attached hydrogens (tertiary/aromatic N) is 3. The second-order valence-electron chi connectivity index (χ2n) is 7.51. The van der Waals surface area contributed by atoms with Gasteiger partial charge in [-0.1, -0.05) is 29.8 Å². The predicted molar refractivity (Wildman–Crippen MR) is 104 cm³/mol. The second kappa shape index (κ2) is 6.64. The Morgan fingerprint density at radius 2 is 1.56 bits per heavy atom. The molecule has 25 heavy (non-hydrogen) atoms. The van der Waals surface area contributed by atoms with Gasteiger partial charge in [-0.3, -0.25) is 4.90 Å². The Labute approximate surface area is 150 Å². The smallest absolute Gasteiger partial charge is 0.124 e. The first kappa shape index (κ1) is 16.3. The van der Waals surface area contributed by atoms with Crippen LogP contribution < -0.4 is 0 Å². The zero-order chi connectivity index (χ0) is 17.4. The summed E-state index contributed by atoms with van der Waals surface area (Å²) >= 11 is 0. The first-order valence-electron chi connectivity index (χ1n) is 9.34. The van der Waals surface area contributed by atoms with E-state index >= 15 is 0 Å². The lowest BCUT2D eigenvalue weighted by atomic mass is 10.1. The Kier molecular flexibility index (Phi) is 4.34. The lowest BCUT2D eigenvalue weighted by Crippen LogP contribution is -2.21. The minimum Gasteiger partial charge on any atom is -0.322 e. The van der Waals surface area contributed by atoms with Gasteiger partial charge in [0.1, 0.15) is 5.82 Å². The molecule has 0 amide bonds. The fraction of sp³-hybridized carbons (Fsp3) is 0.409. The molecule has 0 spiro atoms. The number of imidazole rings is 1. The number of likely N-dealkylation sites (tertiary alicyclic amines) is 1. The Balaban J connectivity index is 1.76. The van der Waals surface area contributed by atoms with E-state index in [1.807, 2.05) is 0 Å². The molecular weight excluding hydrogens is 306 g/mol. The van der Waals surface area contributed by atoms with Crippen molar-refractivity contribution in [2.75, 3.05) is 13.1 Å². The van der Waals surface area contributed by atoms with E-state index in [4.69, 9.17) is 4.98 Å². The molecule has 3 aromatic rings. The standard InChI is InChI=1S/C22H27N3/c1-16-6-8-19(9-7-16)14-25-21-13-18(3)17(2)12-20(21)23-22(25)15-24-10-4-5-11-24/h6-9,12-13H,4-5,10-11,14-15H2,1-3H3. The molecule has 0 radical (unpaired) electrons. The Hall–Kier alpha value is -2.13. The van der Waals surface area contributed by atoms with Crippen molar-refractivity contribution in [2.24, 2.45) is 0 Å². The summed E-state index contributed by atoms with van der Waals surface area (Å²) in [5.41, 5.74) is 7.70. The van der Waals surface area contributed by atoms with Crippen molar-refractivity contribution in [1.29, 1.82) is 0 Å². The molecule has 2 aromatic carbocycles. The van der Waals surface area contributed by atoms with Crippen LogP contribution in [-0.4, -0.2) is 27.5 Å². The van der Waals surface area contributed by atoms with Crippen LogP contribution in [0.15, 0.2) is 36.4 Å². The van der Waals surface area contributed by atoms with Gasteiger partial charge in [-0.2, -0.15) is 0 Å². The molecular formula is C22H27N3. The van der Waals surface area contributed by atoms with Crippen LogP contribution in [0.3, 0.4) is 0 Å². The van der Waals surface area contributed by atoms with E-state index < -0.39 is 0 Å². The van der Waals surface area contributed by atoms with E-state index in [0.717, 1.165) is 18.6 Å². The number of aromatic nitrogens is 2. The van der Waals surface area contributed by atoms with Crippen LogP contribution >= 0.6 is 0 Å². The third-order valence-corrected chi connectivity index (χ3v) is 5.47. The summed E-state index contributed by atoms with van der Waals surface area (Å²) in [6.45, 7) is 10.8. The van der Waals surface area contributed by atoms with Crippen LogP contribution in [0.4, 0.5) is 0 Å². The van der Waals surface area contributed by atoms with Crippen molar-refractivity contribution < 1.29 is 0 Å². The van der Waals surface area contributed by atoms with Crippen molar-refractivity contribution in [2.45, 2.75) is 46.7 Å². The van der Waals surface area contributed by atoms with Gasteiger partial charge < -0.3 is 4.57 Å². The van der Waals surface area contributed by atoms with Gasteiger partial charge in [0, 0.05) is 6.54 Å². The molecule has 0 unspecified atom stereocenters. The highest BCUT2D eigenvalue weighted by Gasteiger charge is 2.18. The van der Waals surface area contributed by atoms with Crippen LogP contribution in [0.25, 0.3) is 11.0 Å². The molecule has 1 aliphatic heterocycles. The quantitative estimate of drug-likeness (QED) is 0.695. The highest BCUT2D eigenvalue weighted by Crippen LogP contribution is 2.24. The van der Waals surface area contributed by atoms with E-state index in [9.17, 15) is 0 Å². The Bertz CT molecular complexity index is 884. The van der Waals surface area contributed by atoms with Crippen molar-refractivity contribution in [3.63, 3.8) is 0 Å². The van der Waals surface area contributed by atoms with Gasteiger partial charge in [0.25, 0.3) is 0 Å². The lowest BCUT2D eigenvalue weighted by Gasteiger charge is -2.16. The van der Waals surface area contributed by atoms with Crippen molar-refractivity contribution in [3.05, 3.63) is 64.5 Å². The lowest BCUT2D eigenvalue weighted by molar-refractivity contribution is 0.318. The molecule has 3 nitrogen and oxygen atoms in total. The molecule has 0 atom stereocenters. The SMILES string of the molecule is Cc1ccc(Cn2c(CN3CCCC3)nc3cc(C)c(C)cc32)cc1. The maximum absolute atomic E-state index is 5.01. The number of rotatable bonds is 4. The second-order valence-corrected chi connectivity index (χ2v) is 7.51. The normalized spacial score (nSPS) is 15.3. The molecule has 4 rings (SSSR count). The number of hydrogen-bond donors (Lipinski definition) is 0. The number of fused-ring (bicyclic) bond motifs is 1. The summed E-state index contributed by atoms with van der Waals surface area (Å²) in [4.78, 5) is 7.55. The summed E-state index contributed by atoms with van der Waals surface area (Å²) in [7, 11) is 0. The average molecular weight is 333 g/mol. The van der Waals surface area contributed by atoms with Gasteiger partial charge in [-0.25, -0.2) is 4.98 Å². The Morgan fingerprint density at radius 1 is 0.880 bits per heavy atom. The molecule has 1 aromatic heterocycles. The van der Waals surface area contributed by atoms with Gasteiger partial charge in [0.15, 0.2) is 0 Å². The van der Waals surface area contributed by atoms with Crippen LogP contribution in [-0.2, 0) is 13.1 Å². The van der Waals surface area contributed by atoms with Crippen LogP contribution in [0.5, 0.6) is 0 Å². The number of benzene rings is 2. The summed E-state index contributed by atoms with van der Waals surface area (Å²) in [6.07, 6.45) is 2.63. The molecule has 130 valence electrons. The van der Waals surface area contributed by atoms with E-state index in [0.29, 0.717) is 0 Å². The summed E-state index contributed by atoms with van der Waals surface area (Å²) in [6, 6.07) is 13.4. The zero-order valence-corrected chi connectivity index (χ0v) is 15.5. The molecule has 1 saturated heterocycles. The maximum atomic E-state index is 5.01. The summed E-state index contributed by atoms with van der Waals surface area (Å²) in [5, 5.41) is 0. The molecule has 0 saturated carbocycles. The average Bonchev–Trinajstić information content (AvgIpc) is 3.20. The van der Waals surface area contributed by atoms with Crippen molar-refractivity contribution in [1.82, 2.24) is 14.5 Å². The first-order valence-corrected chi connectivity index (χ1v) is 9.34. The van der Waals surface area contributed by atoms with Gasteiger partial charge >= 0.3 is 0 Å². The van der Waals surface area contributed by atoms with Crippen LogP contribution in [0.2, 0.25) is 0 Å². The Morgan fingerprint density at radius 3 is 2.28 bits per heavy atom. The molecule has 2 heterocycles. The van der Waals surface area contributed by atoms with Gasteiger partial charge in [-0.15, -0.1) is 0 Å². The highest BCUT2D eigenvalue weighted by molar-refractivity contribution is 5.78. The van der Waals surface area contributed by atoms with E-state index in [1.54, 1.807) is 0 Å². The third-order valence-electron chi connectivity index (χ3n) is 5.47. The van der Waals surface area contributed by atoms with Gasteiger partial charge in [0.05, 0.1) is 17.6 Å². The molecule has 0 bridgehead atoms. The number of aryl methyl sites for hydroxylation is 3. The topological polar surface area (TPSA) is 21.1 Å². The minimum absolute atomic E-state index is 0.891.